The van der Waals surface area contributed by atoms with Crippen molar-refractivity contribution in [3.63, 3.8) is 0 Å². The van der Waals surface area contributed by atoms with Crippen LogP contribution in [0.1, 0.15) is 31.8 Å². The molecule has 0 saturated heterocycles. The van der Waals surface area contributed by atoms with Crippen LogP contribution in [0.5, 0.6) is 0 Å². The van der Waals surface area contributed by atoms with Gasteiger partial charge < -0.3 is 5.11 Å². The topological polar surface area (TPSA) is 98.5 Å². The Morgan fingerprint density at radius 1 is 1.04 bits per heavy atom. The molecule has 118 valence electrons. The molecule has 1 unspecified atom stereocenters. The van der Waals surface area contributed by atoms with Crippen molar-refractivity contribution in [2.45, 2.75) is 12.5 Å². The Labute approximate surface area is 137 Å². The fourth-order valence-electron chi connectivity index (χ4n) is 2.72. The molecule has 0 saturated carbocycles. The van der Waals surface area contributed by atoms with Gasteiger partial charge in [0.1, 0.15) is 6.04 Å². The zero-order chi connectivity index (χ0) is 17.3. The molecule has 2 aromatic rings. The highest BCUT2D eigenvalue weighted by Gasteiger charge is 2.42. The molecule has 0 bridgehead atoms. The number of fused-ring (bicyclic) bond motifs is 1. The molecule has 6 nitrogen and oxygen atoms in total. The van der Waals surface area contributed by atoms with Gasteiger partial charge >= 0.3 is 5.97 Å². The molecule has 0 spiro atoms. The van der Waals surface area contributed by atoms with Gasteiger partial charge in [0.05, 0.1) is 22.8 Å². The average molecular weight is 320 g/mol. The first kappa shape index (κ1) is 15.4. The van der Waals surface area contributed by atoms with Crippen LogP contribution >= 0.6 is 0 Å². The maximum atomic E-state index is 12.4. The predicted molar refractivity (Wildman–Crippen MR) is 83.2 cm³/mol. The molecule has 1 aliphatic heterocycles. The first-order valence-electron chi connectivity index (χ1n) is 7.21. The third kappa shape index (κ3) is 2.52. The Balaban J connectivity index is 1.92. The van der Waals surface area contributed by atoms with Crippen LogP contribution in [0.15, 0.2) is 48.5 Å². The van der Waals surface area contributed by atoms with Gasteiger partial charge in [-0.2, -0.15) is 5.26 Å². The lowest BCUT2D eigenvalue weighted by Gasteiger charge is -2.22. The fraction of sp³-hybridized carbons (Fsp3) is 0.111. The minimum absolute atomic E-state index is 0.0213. The number of nitrogens with zero attached hydrogens (tertiary/aromatic N) is 2. The van der Waals surface area contributed by atoms with Crippen LogP contribution in [0.25, 0.3) is 0 Å². The van der Waals surface area contributed by atoms with Gasteiger partial charge in [-0.15, -0.1) is 0 Å². The summed E-state index contributed by atoms with van der Waals surface area (Å²) >= 11 is 0. The predicted octanol–water partition coefficient (Wildman–Crippen LogP) is 1.85. The van der Waals surface area contributed by atoms with Crippen molar-refractivity contribution in [3.05, 3.63) is 70.8 Å². The lowest BCUT2D eigenvalue weighted by molar-refractivity contribution is -0.141. The number of imide groups is 1. The lowest BCUT2D eigenvalue weighted by Crippen LogP contribution is -2.46. The number of carboxylic acid groups (broad SMARTS) is 1. The van der Waals surface area contributed by atoms with Crippen LogP contribution in [-0.2, 0) is 11.2 Å². The molecule has 0 fully saturated rings. The molecule has 1 aliphatic rings. The summed E-state index contributed by atoms with van der Waals surface area (Å²) in [4.78, 5) is 37.3. The minimum Gasteiger partial charge on any atom is -0.480 e. The van der Waals surface area contributed by atoms with Crippen molar-refractivity contribution in [2.24, 2.45) is 0 Å². The van der Waals surface area contributed by atoms with E-state index in [0.717, 1.165) is 4.90 Å². The molecule has 1 N–H and O–H groups in total. The zero-order valence-electron chi connectivity index (χ0n) is 12.5. The summed E-state index contributed by atoms with van der Waals surface area (Å²) in [5, 5.41) is 18.3. The molecular weight excluding hydrogens is 308 g/mol. The third-order valence-electron chi connectivity index (χ3n) is 3.93. The van der Waals surface area contributed by atoms with E-state index >= 15 is 0 Å². The van der Waals surface area contributed by atoms with Gasteiger partial charge in [0, 0.05) is 6.42 Å². The van der Waals surface area contributed by atoms with Gasteiger partial charge in [0.2, 0.25) is 0 Å². The van der Waals surface area contributed by atoms with Crippen LogP contribution in [-0.4, -0.2) is 33.8 Å². The van der Waals surface area contributed by atoms with Gasteiger partial charge in [-0.05, 0) is 29.8 Å². The Morgan fingerprint density at radius 2 is 1.58 bits per heavy atom. The van der Waals surface area contributed by atoms with Crippen molar-refractivity contribution in [3.8, 4) is 6.07 Å². The highest BCUT2D eigenvalue weighted by atomic mass is 16.4. The quantitative estimate of drug-likeness (QED) is 0.867. The van der Waals surface area contributed by atoms with Crippen molar-refractivity contribution in [1.29, 1.82) is 5.26 Å². The van der Waals surface area contributed by atoms with Crippen LogP contribution in [0, 0.1) is 11.3 Å². The summed E-state index contributed by atoms with van der Waals surface area (Å²) < 4.78 is 0. The van der Waals surface area contributed by atoms with Gasteiger partial charge in [-0.3, -0.25) is 14.5 Å². The molecule has 24 heavy (non-hydrogen) atoms. The van der Waals surface area contributed by atoms with Gasteiger partial charge in [0.15, 0.2) is 0 Å². The molecule has 1 atom stereocenters. The third-order valence-corrected chi connectivity index (χ3v) is 3.93. The number of nitriles is 1. The van der Waals surface area contributed by atoms with E-state index in [1.807, 2.05) is 6.07 Å². The number of benzene rings is 2. The standard InChI is InChI=1S/C18H12N2O4/c19-10-12-7-5-11(6-8-12)9-15(18(23)24)20-16(21)13-3-1-2-4-14(13)17(20)22/h1-8,15H,9H2,(H,23,24). The van der Waals surface area contributed by atoms with Crippen molar-refractivity contribution in [1.82, 2.24) is 4.90 Å². The Morgan fingerprint density at radius 3 is 2.04 bits per heavy atom. The van der Waals surface area contributed by atoms with E-state index in [9.17, 15) is 19.5 Å². The van der Waals surface area contributed by atoms with Crippen molar-refractivity contribution < 1.29 is 19.5 Å². The summed E-state index contributed by atoms with van der Waals surface area (Å²) in [5.41, 5.74) is 1.51. The normalized spacial score (nSPS) is 14.2. The van der Waals surface area contributed by atoms with E-state index in [1.165, 1.54) is 12.1 Å². The second-order valence-electron chi connectivity index (χ2n) is 5.39. The average Bonchev–Trinajstić information content (AvgIpc) is 2.85. The maximum Gasteiger partial charge on any atom is 0.327 e. The van der Waals surface area contributed by atoms with Gasteiger partial charge in [-0.1, -0.05) is 24.3 Å². The molecule has 2 aromatic carbocycles. The minimum atomic E-state index is -1.30. The largest absolute Gasteiger partial charge is 0.480 e. The van der Waals surface area contributed by atoms with Crippen LogP contribution < -0.4 is 0 Å². The number of rotatable bonds is 4. The molecular formula is C18H12N2O4. The summed E-state index contributed by atoms with van der Waals surface area (Å²) in [6.07, 6.45) is -0.0213. The van der Waals surface area contributed by atoms with Crippen LogP contribution in [0.4, 0.5) is 0 Å². The van der Waals surface area contributed by atoms with E-state index in [-0.39, 0.29) is 17.5 Å². The number of carbonyl (C=O) groups is 3. The summed E-state index contributed by atoms with van der Waals surface area (Å²) in [6.45, 7) is 0. The van der Waals surface area contributed by atoms with Gasteiger partial charge in [-0.25, -0.2) is 4.79 Å². The maximum absolute atomic E-state index is 12.4. The first-order chi connectivity index (χ1) is 11.5. The van der Waals surface area contributed by atoms with Crippen LogP contribution in [0.3, 0.4) is 0 Å². The number of hydrogen-bond acceptors (Lipinski definition) is 4. The molecule has 6 heteroatoms. The van der Waals surface area contributed by atoms with Crippen LogP contribution in [0.2, 0.25) is 0 Å². The number of carboxylic acids is 1. The number of amides is 2. The van der Waals surface area contributed by atoms with E-state index in [0.29, 0.717) is 11.1 Å². The molecule has 3 rings (SSSR count). The molecule has 0 radical (unpaired) electrons. The lowest BCUT2D eigenvalue weighted by atomic mass is 10.0. The Bertz CT molecular complexity index is 846. The van der Waals surface area contributed by atoms with E-state index in [2.05, 4.69) is 0 Å². The molecule has 2 amide bonds. The first-order valence-corrected chi connectivity index (χ1v) is 7.21. The Kier molecular flexibility index (Phi) is 3.84. The van der Waals surface area contributed by atoms with E-state index in [4.69, 9.17) is 5.26 Å². The number of carbonyl (C=O) groups excluding carboxylic acids is 2. The molecule has 0 aliphatic carbocycles. The fourth-order valence-corrected chi connectivity index (χ4v) is 2.72. The van der Waals surface area contributed by atoms with E-state index in [1.54, 1.807) is 36.4 Å². The highest BCUT2D eigenvalue weighted by molar-refractivity contribution is 6.22. The zero-order valence-corrected chi connectivity index (χ0v) is 12.5. The summed E-state index contributed by atoms with van der Waals surface area (Å²) in [7, 11) is 0. The smallest absolute Gasteiger partial charge is 0.327 e. The second-order valence-corrected chi connectivity index (χ2v) is 5.39. The second kappa shape index (κ2) is 5.97. The van der Waals surface area contributed by atoms with E-state index < -0.39 is 23.8 Å². The molecule has 0 aromatic heterocycles. The monoisotopic (exact) mass is 320 g/mol. The summed E-state index contributed by atoms with van der Waals surface area (Å²) in [6, 6.07) is 13.3. The highest BCUT2D eigenvalue weighted by Crippen LogP contribution is 2.26. The van der Waals surface area contributed by atoms with Crippen molar-refractivity contribution in [2.75, 3.05) is 0 Å². The number of hydrogen-bond donors (Lipinski definition) is 1. The number of aliphatic carboxylic acids is 1. The molecule has 1 heterocycles. The van der Waals surface area contributed by atoms with Gasteiger partial charge in [0.25, 0.3) is 11.8 Å². The SMILES string of the molecule is N#Cc1ccc(CC(C(=O)O)N2C(=O)c3ccccc3C2=O)cc1. The van der Waals surface area contributed by atoms with Crippen molar-refractivity contribution >= 4 is 17.8 Å². The Hall–Kier alpha value is -3.46. The summed E-state index contributed by atoms with van der Waals surface area (Å²) in [5.74, 6) is -2.46.